The van der Waals surface area contributed by atoms with Gasteiger partial charge < -0.3 is 10.4 Å². The predicted molar refractivity (Wildman–Crippen MR) is 62.8 cm³/mol. The fourth-order valence-electron chi connectivity index (χ4n) is 1.84. The molecule has 1 aliphatic carbocycles. The normalized spacial score (nSPS) is 16.5. The van der Waals surface area contributed by atoms with Gasteiger partial charge in [0.25, 0.3) is 5.69 Å². The monoisotopic (exact) mass is 237 g/mol. The van der Waals surface area contributed by atoms with Crippen molar-refractivity contribution in [1.82, 2.24) is 4.98 Å². The Bertz CT molecular complexity index is 418. The molecule has 2 N–H and O–H groups in total. The van der Waals surface area contributed by atoms with Crippen molar-refractivity contribution >= 4 is 11.5 Å². The molecule has 1 saturated carbocycles. The van der Waals surface area contributed by atoms with Crippen LogP contribution >= 0.6 is 0 Å². The Balaban J connectivity index is 1.95. The van der Waals surface area contributed by atoms with Crippen molar-refractivity contribution < 1.29 is 10.0 Å². The second-order valence-electron chi connectivity index (χ2n) is 4.48. The third kappa shape index (κ3) is 2.91. The molecule has 1 aliphatic rings. The van der Waals surface area contributed by atoms with E-state index >= 15 is 0 Å². The molecule has 0 bridgehead atoms. The minimum atomic E-state index is -0.437. The van der Waals surface area contributed by atoms with Gasteiger partial charge in [0, 0.05) is 25.4 Å². The summed E-state index contributed by atoms with van der Waals surface area (Å²) in [4.78, 5) is 14.2. The zero-order valence-corrected chi connectivity index (χ0v) is 9.43. The molecule has 1 heterocycles. The van der Waals surface area contributed by atoms with E-state index in [0.29, 0.717) is 12.4 Å². The molecule has 1 aromatic heterocycles. The number of aromatic nitrogens is 1. The number of anilines is 1. The summed E-state index contributed by atoms with van der Waals surface area (Å²) in [5.74, 6) is 0.517. The van der Waals surface area contributed by atoms with E-state index in [1.807, 2.05) is 0 Å². The second-order valence-corrected chi connectivity index (χ2v) is 4.48. The average Bonchev–Trinajstić information content (AvgIpc) is 3.08. The summed E-state index contributed by atoms with van der Waals surface area (Å²) < 4.78 is 0. The lowest BCUT2D eigenvalue weighted by molar-refractivity contribution is -0.384. The quantitative estimate of drug-likeness (QED) is 0.579. The summed E-state index contributed by atoms with van der Waals surface area (Å²) in [6, 6.07) is 2.79. The summed E-state index contributed by atoms with van der Waals surface area (Å²) in [6.07, 6.45) is 4.38. The summed E-state index contributed by atoms with van der Waals surface area (Å²) in [7, 11) is 0. The standard InChI is InChI=1S/C11H15N3O3/c15-6-4-11(2-3-11)8-13-10-7-9(14(16)17)1-5-12-10/h1,5,7,15H,2-4,6,8H2,(H,12,13). The average molecular weight is 237 g/mol. The third-order valence-electron chi connectivity index (χ3n) is 3.20. The van der Waals surface area contributed by atoms with Crippen LogP contribution in [0.3, 0.4) is 0 Å². The molecule has 1 aromatic rings. The van der Waals surface area contributed by atoms with Crippen LogP contribution in [0.15, 0.2) is 18.3 Å². The Morgan fingerprint density at radius 1 is 1.59 bits per heavy atom. The molecule has 0 unspecified atom stereocenters. The number of aliphatic hydroxyl groups is 1. The highest BCUT2D eigenvalue weighted by Gasteiger charge is 2.41. The molecule has 6 heteroatoms. The topological polar surface area (TPSA) is 88.3 Å². The van der Waals surface area contributed by atoms with Gasteiger partial charge in [-0.15, -0.1) is 0 Å². The molecule has 0 atom stereocenters. The highest BCUT2D eigenvalue weighted by atomic mass is 16.6. The molecule has 0 radical (unpaired) electrons. The maximum absolute atomic E-state index is 10.6. The van der Waals surface area contributed by atoms with Gasteiger partial charge in [-0.05, 0) is 24.7 Å². The second kappa shape index (κ2) is 4.67. The Hall–Kier alpha value is -1.69. The molecule has 0 amide bonds. The number of pyridine rings is 1. The number of nitrogens with one attached hydrogen (secondary N) is 1. The first-order chi connectivity index (χ1) is 8.15. The van der Waals surface area contributed by atoms with Crippen LogP contribution in [-0.2, 0) is 0 Å². The lowest BCUT2D eigenvalue weighted by atomic mass is 10.0. The molecule has 0 aromatic carbocycles. The first-order valence-electron chi connectivity index (χ1n) is 5.60. The van der Waals surface area contributed by atoms with Crippen LogP contribution in [-0.4, -0.2) is 28.2 Å². The van der Waals surface area contributed by atoms with Crippen LogP contribution in [0.5, 0.6) is 0 Å². The van der Waals surface area contributed by atoms with Gasteiger partial charge in [-0.1, -0.05) is 0 Å². The molecule has 0 aliphatic heterocycles. The smallest absolute Gasteiger partial charge is 0.274 e. The van der Waals surface area contributed by atoms with Gasteiger partial charge >= 0.3 is 0 Å². The molecule has 0 saturated heterocycles. The predicted octanol–water partition coefficient (Wildman–Crippen LogP) is 1.56. The largest absolute Gasteiger partial charge is 0.396 e. The highest BCUT2D eigenvalue weighted by Crippen LogP contribution is 2.48. The van der Waals surface area contributed by atoms with Gasteiger partial charge in [-0.3, -0.25) is 10.1 Å². The van der Waals surface area contributed by atoms with Crippen LogP contribution in [0.2, 0.25) is 0 Å². The summed E-state index contributed by atoms with van der Waals surface area (Å²) in [5.41, 5.74) is 0.204. The van der Waals surface area contributed by atoms with Crippen LogP contribution < -0.4 is 5.32 Å². The minimum absolute atomic E-state index is 0.0366. The van der Waals surface area contributed by atoms with E-state index in [4.69, 9.17) is 5.11 Å². The Kier molecular flexibility index (Phi) is 3.23. The van der Waals surface area contributed by atoms with Gasteiger partial charge in [0.05, 0.1) is 11.0 Å². The summed E-state index contributed by atoms with van der Waals surface area (Å²) in [5, 5.41) is 22.6. The van der Waals surface area contributed by atoms with Crippen LogP contribution in [0.1, 0.15) is 19.3 Å². The van der Waals surface area contributed by atoms with Crippen molar-refractivity contribution in [3.05, 3.63) is 28.4 Å². The number of nitro groups is 1. The van der Waals surface area contributed by atoms with Crippen LogP contribution in [0.4, 0.5) is 11.5 Å². The summed E-state index contributed by atoms with van der Waals surface area (Å²) in [6.45, 7) is 0.895. The van der Waals surface area contributed by atoms with Crippen molar-refractivity contribution in [3.63, 3.8) is 0 Å². The maximum atomic E-state index is 10.6. The van der Waals surface area contributed by atoms with Crippen molar-refractivity contribution in [1.29, 1.82) is 0 Å². The van der Waals surface area contributed by atoms with Crippen molar-refractivity contribution in [2.24, 2.45) is 5.41 Å². The van der Waals surface area contributed by atoms with E-state index in [-0.39, 0.29) is 17.7 Å². The van der Waals surface area contributed by atoms with Gasteiger partial charge in [0.2, 0.25) is 0 Å². The Morgan fingerprint density at radius 3 is 2.94 bits per heavy atom. The number of aliphatic hydroxyl groups excluding tert-OH is 1. The molecule has 1 fully saturated rings. The van der Waals surface area contributed by atoms with Crippen LogP contribution in [0.25, 0.3) is 0 Å². The Morgan fingerprint density at radius 2 is 2.35 bits per heavy atom. The van der Waals surface area contributed by atoms with Gasteiger partial charge in [-0.25, -0.2) is 4.98 Å². The Labute approximate surface area is 98.8 Å². The molecule has 92 valence electrons. The van der Waals surface area contributed by atoms with E-state index in [0.717, 1.165) is 19.3 Å². The van der Waals surface area contributed by atoms with E-state index in [2.05, 4.69) is 10.3 Å². The van der Waals surface area contributed by atoms with Gasteiger partial charge in [0.15, 0.2) is 0 Å². The van der Waals surface area contributed by atoms with Gasteiger partial charge in [0.1, 0.15) is 5.82 Å². The molecule has 6 nitrogen and oxygen atoms in total. The fraction of sp³-hybridized carbons (Fsp3) is 0.545. The lowest BCUT2D eigenvalue weighted by Gasteiger charge is -2.14. The van der Waals surface area contributed by atoms with E-state index in [1.54, 1.807) is 0 Å². The SMILES string of the molecule is O=[N+]([O-])c1ccnc(NCC2(CCO)CC2)c1. The third-order valence-corrected chi connectivity index (χ3v) is 3.20. The van der Waals surface area contributed by atoms with Gasteiger partial charge in [-0.2, -0.15) is 0 Å². The molecular formula is C11H15N3O3. The van der Waals surface area contributed by atoms with Crippen molar-refractivity contribution in [2.45, 2.75) is 19.3 Å². The van der Waals surface area contributed by atoms with Crippen molar-refractivity contribution in [3.8, 4) is 0 Å². The minimum Gasteiger partial charge on any atom is -0.396 e. The number of hydrogen-bond donors (Lipinski definition) is 2. The number of hydrogen-bond acceptors (Lipinski definition) is 5. The highest BCUT2D eigenvalue weighted by molar-refractivity contribution is 5.44. The van der Waals surface area contributed by atoms with E-state index in [9.17, 15) is 10.1 Å². The molecule has 17 heavy (non-hydrogen) atoms. The molecule has 0 spiro atoms. The summed E-state index contributed by atoms with van der Waals surface area (Å²) >= 11 is 0. The van der Waals surface area contributed by atoms with E-state index < -0.39 is 4.92 Å². The zero-order valence-electron chi connectivity index (χ0n) is 9.43. The molecular weight excluding hydrogens is 222 g/mol. The fourth-order valence-corrected chi connectivity index (χ4v) is 1.84. The van der Waals surface area contributed by atoms with Crippen LogP contribution in [0, 0.1) is 15.5 Å². The first kappa shape index (κ1) is 11.8. The first-order valence-corrected chi connectivity index (χ1v) is 5.60. The lowest BCUT2D eigenvalue weighted by Crippen LogP contribution is -2.17. The maximum Gasteiger partial charge on any atom is 0.274 e. The number of rotatable bonds is 6. The van der Waals surface area contributed by atoms with Crippen molar-refractivity contribution in [2.75, 3.05) is 18.5 Å². The van der Waals surface area contributed by atoms with E-state index in [1.165, 1.54) is 18.3 Å². The molecule has 2 rings (SSSR count). The number of nitrogens with zero attached hydrogens (tertiary/aromatic N) is 2. The zero-order chi connectivity index (χ0) is 12.3.